The van der Waals surface area contributed by atoms with Gasteiger partial charge in [0.05, 0.1) is 29.0 Å². The van der Waals surface area contributed by atoms with Crippen LogP contribution >= 0.6 is 11.3 Å². The molecule has 0 atom stereocenters. The topological polar surface area (TPSA) is 74.1 Å². The van der Waals surface area contributed by atoms with Crippen LogP contribution in [0.1, 0.15) is 16.0 Å². The molecule has 1 aliphatic heterocycles. The Morgan fingerprint density at radius 3 is 2.92 bits per heavy atom. The molecule has 2 heterocycles. The van der Waals surface area contributed by atoms with Gasteiger partial charge < -0.3 is 15.4 Å². The second kappa shape index (κ2) is 6.05. The summed E-state index contributed by atoms with van der Waals surface area (Å²) < 4.78 is 43.9. The van der Waals surface area contributed by atoms with E-state index < -0.39 is 11.7 Å². The number of hydrogen-bond acceptors (Lipinski definition) is 5. The summed E-state index contributed by atoms with van der Waals surface area (Å²) in [6.45, 7) is -0.0935. The van der Waals surface area contributed by atoms with Crippen LogP contribution in [0.4, 0.5) is 24.5 Å². The third-order valence-electron chi connectivity index (χ3n) is 3.36. The highest BCUT2D eigenvalue weighted by molar-refractivity contribution is 7.10. The highest BCUT2D eigenvalue weighted by Gasteiger charge is 2.35. The first-order valence-corrected chi connectivity index (χ1v) is 7.65. The smallest absolute Gasteiger partial charge is 0.418 e. The Morgan fingerprint density at radius 1 is 1.42 bits per heavy atom. The number of nitrogens with zero attached hydrogens (tertiary/aromatic N) is 1. The maximum absolute atomic E-state index is 12.8. The van der Waals surface area contributed by atoms with Gasteiger partial charge in [-0.25, -0.2) is 0 Å². The zero-order valence-corrected chi connectivity index (χ0v) is 12.8. The first-order valence-electron chi connectivity index (χ1n) is 6.77. The number of anilines is 2. The molecule has 1 aliphatic rings. The van der Waals surface area contributed by atoms with Gasteiger partial charge in [-0.2, -0.15) is 18.4 Å². The van der Waals surface area contributed by atoms with Gasteiger partial charge >= 0.3 is 6.18 Å². The van der Waals surface area contributed by atoms with Crippen LogP contribution in [0.2, 0.25) is 0 Å². The van der Waals surface area contributed by atoms with E-state index in [1.165, 1.54) is 0 Å². The van der Waals surface area contributed by atoms with Gasteiger partial charge in [0, 0.05) is 10.3 Å². The van der Waals surface area contributed by atoms with Gasteiger partial charge in [-0.1, -0.05) is 6.07 Å². The van der Waals surface area contributed by atoms with Crippen LogP contribution in [0, 0.1) is 11.3 Å². The summed E-state index contributed by atoms with van der Waals surface area (Å²) in [5.74, 6) is 0.141. The molecule has 1 aromatic heterocycles. The van der Waals surface area contributed by atoms with E-state index in [0.29, 0.717) is 17.1 Å². The maximum Gasteiger partial charge on any atom is 0.418 e. The van der Waals surface area contributed by atoms with Crippen molar-refractivity contribution in [3.63, 3.8) is 0 Å². The molecule has 0 aliphatic carbocycles. The number of nitrogens with one attached hydrogen (secondary N) is 2. The minimum Gasteiger partial charge on any atom is -0.479 e. The molecule has 3 rings (SSSR count). The van der Waals surface area contributed by atoms with Crippen LogP contribution in [0.15, 0.2) is 23.6 Å². The van der Waals surface area contributed by atoms with Crippen molar-refractivity contribution in [2.75, 3.05) is 17.2 Å². The molecule has 0 bridgehead atoms. The Morgan fingerprint density at radius 2 is 2.21 bits per heavy atom. The summed E-state index contributed by atoms with van der Waals surface area (Å²) in [7, 11) is 0. The first-order chi connectivity index (χ1) is 11.4. The van der Waals surface area contributed by atoms with Crippen LogP contribution in [0.25, 0.3) is 0 Å². The van der Waals surface area contributed by atoms with Crippen molar-refractivity contribution < 1.29 is 22.7 Å². The molecule has 2 N–H and O–H groups in total. The molecule has 2 aromatic rings. The number of halogens is 3. The van der Waals surface area contributed by atoms with Gasteiger partial charge in [-0.3, -0.25) is 4.79 Å². The van der Waals surface area contributed by atoms with Gasteiger partial charge in [0.1, 0.15) is 6.07 Å². The number of rotatable bonds is 3. The molecular weight excluding hydrogens is 343 g/mol. The molecule has 0 saturated carbocycles. The SMILES string of the molecule is N#Cc1c(C(F)(F)F)csc1CNc1cccc2c1OCC(=O)N2. The van der Waals surface area contributed by atoms with E-state index in [-0.39, 0.29) is 29.5 Å². The standard InChI is InChI=1S/C15H10F3N3O2S/c16-15(17,18)9-7-24-12(8(9)4-19)5-20-10-2-1-3-11-14(10)23-6-13(22)21-11/h1-3,7,20H,5-6H2,(H,21,22). The van der Waals surface area contributed by atoms with Crippen LogP contribution < -0.4 is 15.4 Å². The number of fused-ring (bicyclic) bond motifs is 1. The highest BCUT2D eigenvalue weighted by atomic mass is 32.1. The number of carbonyl (C=O) groups is 1. The van der Waals surface area contributed by atoms with E-state index in [1.54, 1.807) is 24.3 Å². The average Bonchev–Trinajstić information content (AvgIpc) is 2.95. The number of carbonyl (C=O) groups excluding carboxylic acids is 1. The largest absolute Gasteiger partial charge is 0.479 e. The monoisotopic (exact) mass is 353 g/mol. The summed E-state index contributed by atoms with van der Waals surface area (Å²) in [5.41, 5.74) is -0.290. The quantitative estimate of drug-likeness (QED) is 0.884. The second-order valence-electron chi connectivity index (χ2n) is 4.93. The zero-order chi connectivity index (χ0) is 17.3. The molecule has 0 saturated heterocycles. The molecule has 1 aromatic carbocycles. The highest BCUT2D eigenvalue weighted by Crippen LogP contribution is 2.38. The van der Waals surface area contributed by atoms with Crippen molar-refractivity contribution in [1.29, 1.82) is 5.26 Å². The van der Waals surface area contributed by atoms with Gasteiger partial charge in [-0.05, 0) is 12.1 Å². The Balaban J connectivity index is 1.83. The van der Waals surface area contributed by atoms with E-state index in [2.05, 4.69) is 10.6 Å². The number of alkyl halides is 3. The van der Waals surface area contributed by atoms with Crippen LogP contribution in [-0.2, 0) is 17.5 Å². The Kier molecular flexibility index (Phi) is 4.07. The molecule has 0 radical (unpaired) electrons. The molecule has 9 heteroatoms. The van der Waals surface area contributed by atoms with E-state index >= 15 is 0 Å². The molecule has 1 amide bonds. The Hall–Kier alpha value is -2.73. The fourth-order valence-electron chi connectivity index (χ4n) is 2.29. The lowest BCUT2D eigenvalue weighted by Crippen LogP contribution is -2.25. The second-order valence-corrected chi connectivity index (χ2v) is 5.89. The van der Waals surface area contributed by atoms with Gasteiger partial charge in [-0.15, -0.1) is 11.3 Å². The lowest BCUT2D eigenvalue weighted by molar-refractivity contribution is -0.137. The van der Waals surface area contributed by atoms with E-state index in [9.17, 15) is 18.0 Å². The number of para-hydroxylation sites is 1. The van der Waals surface area contributed by atoms with Gasteiger partial charge in [0.2, 0.25) is 0 Å². The number of thiophene rings is 1. The van der Waals surface area contributed by atoms with E-state index in [1.807, 2.05) is 0 Å². The average molecular weight is 353 g/mol. The lowest BCUT2D eigenvalue weighted by atomic mass is 10.1. The van der Waals surface area contributed by atoms with Crippen LogP contribution in [0.5, 0.6) is 5.75 Å². The number of benzene rings is 1. The fourth-order valence-corrected chi connectivity index (χ4v) is 3.23. The Bertz CT molecular complexity index is 839. The molecular formula is C15H10F3N3O2S. The summed E-state index contributed by atoms with van der Waals surface area (Å²) >= 11 is 0.869. The van der Waals surface area contributed by atoms with Gasteiger partial charge in [0.15, 0.2) is 12.4 Å². The van der Waals surface area contributed by atoms with Crippen molar-refractivity contribution in [3.05, 3.63) is 39.6 Å². The summed E-state index contributed by atoms with van der Waals surface area (Å²) in [5, 5.41) is 15.6. The minimum atomic E-state index is -4.56. The summed E-state index contributed by atoms with van der Waals surface area (Å²) in [6, 6.07) is 6.63. The van der Waals surface area contributed by atoms with Crippen molar-refractivity contribution in [2.45, 2.75) is 12.7 Å². The van der Waals surface area contributed by atoms with Gasteiger partial charge in [0.25, 0.3) is 5.91 Å². The molecule has 24 heavy (non-hydrogen) atoms. The van der Waals surface area contributed by atoms with E-state index in [0.717, 1.165) is 16.7 Å². The summed E-state index contributed by atoms with van der Waals surface area (Å²) in [6.07, 6.45) is -4.56. The lowest BCUT2D eigenvalue weighted by Gasteiger charge is -2.21. The van der Waals surface area contributed by atoms with Crippen molar-refractivity contribution in [3.8, 4) is 11.8 Å². The number of amides is 1. The minimum absolute atomic E-state index is 0.0391. The summed E-state index contributed by atoms with van der Waals surface area (Å²) in [4.78, 5) is 11.6. The third-order valence-corrected chi connectivity index (χ3v) is 4.35. The predicted molar refractivity (Wildman–Crippen MR) is 81.9 cm³/mol. The van der Waals surface area contributed by atoms with Crippen LogP contribution in [-0.4, -0.2) is 12.5 Å². The molecule has 0 unspecified atom stereocenters. The zero-order valence-electron chi connectivity index (χ0n) is 12.0. The molecule has 0 fully saturated rings. The molecule has 0 spiro atoms. The van der Waals surface area contributed by atoms with Crippen molar-refractivity contribution >= 4 is 28.6 Å². The number of nitriles is 1. The van der Waals surface area contributed by atoms with E-state index in [4.69, 9.17) is 10.00 Å². The van der Waals surface area contributed by atoms with Crippen molar-refractivity contribution in [2.24, 2.45) is 0 Å². The maximum atomic E-state index is 12.8. The normalized spacial score (nSPS) is 13.5. The third kappa shape index (κ3) is 3.00. The Labute approximate surface area is 138 Å². The molecule has 5 nitrogen and oxygen atoms in total. The number of hydrogen-bond donors (Lipinski definition) is 2. The number of ether oxygens (including phenoxy) is 1. The first kappa shape index (κ1) is 16.1. The van der Waals surface area contributed by atoms with Crippen LogP contribution in [0.3, 0.4) is 0 Å². The molecule has 124 valence electrons. The van der Waals surface area contributed by atoms with Crippen molar-refractivity contribution in [1.82, 2.24) is 0 Å². The predicted octanol–water partition coefficient (Wildman–Crippen LogP) is 3.58. The fraction of sp³-hybridized carbons (Fsp3) is 0.200.